The number of unbranched alkanes of at least 4 members (excludes halogenated alkanes) is 23. The van der Waals surface area contributed by atoms with Gasteiger partial charge in [-0.15, -0.1) is 0 Å². The number of allylic oxidation sites excluding steroid dienone is 4. The third kappa shape index (κ3) is 27.8. The predicted octanol–water partition coefficient (Wildman–Crippen LogP) is 7.55. The third-order valence-corrected chi connectivity index (χ3v) is 12.6. The van der Waals surface area contributed by atoms with E-state index in [2.05, 4.69) is 38.2 Å². The fraction of sp³-hybridized carbons (Fsp3) is 0.885. The molecule has 11 unspecified atom stereocenters. The Morgan fingerprint density at radius 1 is 0.463 bits per heavy atom. The van der Waals surface area contributed by atoms with Gasteiger partial charge in [-0.25, -0.2) is 0 Å². The van der Waals surface area contributed by atoms with Crippen LogP contribution in [0.1, 0.15) is 200 Å². The number of esters is 2. The first-order chi connectivity index (χ1) is 32.5. The summed E-state index contributed by atoms with van der Waals surface area (Å²) in [6.07, 6.45) is 23.6. The molecule has 0 aromatic rings. The van der Waals surface area contributed by atoms with E-state index in [-0.39, 0.29) is 26.1 Å². The molecule has 15 heteroatoms. The second-order valence-corrected chi connectivity index (χ2v) is 18.7. The Balaban J connectivity index is 1.76. The molecule has 7 N–H and O–H groups in total. The van der Waals surface area contributed by atoms with Gasteiger partial charge in [0.25, 0.3) is 0 Å². The first kappa shape index (κ1) is 61.1. The van der Waals surface area contributed by atoms with Crippen LogP contribution in [0.2, 0.25) is 0 Å². The SMILES string of the molecule is CCC/C=C\CCCCCCCC(=O)OCC(COC1OC(COC2OC(CO)C(O)C(O)C2O)C(O)C(O)C1O)OC(=O)CCCCCCCCCCC/C=C\CCCCCCCCCC. The fourth-order valence-corrected chi connectivity index (χ4v) is 8.27. The van der Waals surface area contributed by atoms with Crippen LogP contribution in [-0.4, -0.2) is 142 Å². The van der Waals surface area contributed by atoms with Gasteiger partial charge >= 0.3 is 11.9 Å². The second kappa shape index (κ2) is 39.7. The van der Waals surface area contributed by atoms with Gasteiger partial charge in [-0.2, -0.15) is 0 Å². The van der Waals surface area contributed by atoms with Gasteiger partial charge in [0.15, 0.2) is 18.7 Å². The molecule has 392 valence electrons. The van der Waals surface area contributed by atoms with Crippen molar-refractivity contribution in [3.05, 3.63) is 24.3 Å². The summed E-state index contributed by atoms with van der Waals surface area (Å²) in [7, 11) is 0. The number of aliphatic hydroxyl groups is 7. The van der Waals surface area contributed by atoms with Crippen LogP contribution in [-0.2, 0) is 38.0 Å². The minimum absolute atomic E-state index is 0.163. The molecule has 67 heavy (non-hydrogen) atoms. The summed E-state index contributed by atoms with van der Waals surface area (Å²) in [5.41, 5.74) is 0. The molecular weight excluding hydrogens is 865 g/mol. The first-order valence-corrected chi connectivity index (χ1v) is 26.4. The van der Waals surface area contributed by atoms with E-state index in [0.29, 0.717) is 12.8 Å². The molecule has 0 spiro atoms. The number of rotatable bonds is 41. The van der Waals surface area contributed by atoms with Crippen molar-refractivity contribution in [3.63, 3.8) is 0 Å². The molecule has 2 fully saturated rings. The molecule has 0 aliphatic carbocycles. The van der Waals surface area contributed by atoms with E-state index in [9.17, 15) is 45.3 Å². The van der Waals surface area contributed by atoms with E-state index < -0.39 is 92.7 Å². The van der Waals surface area contributed by atoms with Gasteiger partial charge in [0.2, 0.25) is 0 Å². The molecule has 15 nitrogen and oxygen atoms in total. The Labute approximate surface area is 403 Å². The predicted molar refractivity (Wildman–Crippen MR) is 257 cm³/mol. The highest BCUT2D eigenvalue weighted by Gasteiger charge is 2.47. The normalized spacial score (nSPS) is 26.1. The standard InChI is InChI=1S/C52H94O15/c1-3-5-7-9-11-13-15-16-17-18-19-20-21-22-23-24-25-27-29-31-33-35-44(55)65-40(37-62-43(54)34-32-30-28-26-14-12-10-8-6-4-2)38-63-51-50(61)48(59)46(57)42(67-51)39-64-52-49(60)47(58)45(56)41(36-53)66-52/h8,10,18-19,40-42,45-53,56-61H,3-7,9,11-17,20-39H2,1-2H3/b10-8-,19-18-. The lowest BCUT2D eigenvalue weighted by molar-refractivity contribution is -0.332. The zero-order chi connectivity index (χ0) is 48.9. The van der Waals surface area contributed by atoms with Gasteiger partial charge in [-0.1, -0.05) is 154 Å². The lowest BCUT2D eigenvalue weighted by atomic mass is 9.98. The van der Waals surface area contributed by atoms with E-state index >= 15 is 0 Å². The average Bonchev–Trinajstić information content (AvgIpc) is 3.32. The minimum Gasteiger partial charge on any atom is -0.462 e. The smallest absolute Gasteiger partial charge is 0.306 e. The molecule has 11 atom stereocenters. The van der Waals surface area contributed by atoms with Crippen LogP contribution < -0.4 is 0 Å². The number of aliphatic hydroxyl groups excluding tert-OH is 7. The highest BCUT2D eigenvalue weighted by molar-refractivity contribution is 5.70. The highest BCUT2D eigenvalue weighted by Crippen LogP contribution is 2.26. The van der Waals surface area contributed by atoms with E-state index in [1.165, 1.54) is 89.9 Å². The minimum atomic E-state index is -1.76. The maximum absolute atomic E-state index is 13.0. The lowest BCUT2D eigenvalue weighted by Gasteiger charge is -2.42. The number of carbonyl (C=O) groups excluding carboxylic acids is 2. The Bertz CT molecular complexity index is 1270. The van der Waals surface area contributed by atoms with Crippen molar-refractivity contribution in [3.8, 4) is 0 Å². The molecule has 2 aliphatic heterocycles. The third-order valence-electron chi connectivity index (χ3n) is 12.6. The van der Waals surface area contributed by atoms with Crippen LogP contribution in [0.3, 0.4) is 0 Å². The zero-order valence-corrected chi connectivity index (χ0v) is 41.4. The van der Waals surface area contributed by atoms with E-state index in [1.807, 2.05) is 0 Å². The van der Waals surface area contributed by atoms with Crippen molar-refractivity contribution in [2.24, 2.45) is 0 Å². The van der Waals surface area contributed by atoms with Crippen LogP contribution in [0.4, 0.5) is 0 Å². The Kier molecular flexibility index (Phi) is 36.2. The lowest BCUT2D eigenvalue weighted by Crippen LogP contribution is -2.61. The Hall–Kier alpha value is -2.02. The molecule has 2 heterocycles. The molecule has 0 aromatic carbocycles. The van der Waals surface area contributed by atoms with Crippen molar-refractivity contribution >= 4 is 11.9 Å². The van der Waals surface area contributed by atoms with Crippen molar-refractivity contribution < 1.29 is 73.8 Å². The van der Waals surface area contributed by atoms with Gasteiger partial charge in [-0.3, -0.25) is 9.59 Å². The topological polar surface area (TPSA) is 231 Å². The summed E-state index contributed by atoms with van der Waals surface area (Å²) in [5, 5.41) is 72.0. The van der Waals surface area contributed by atoms with Gasteiger partial charge in [0, 0.05) is 12.8 Å². The van der Waals surface area contributed by atoms with Crippen molar-refractivity contribution in [2.75, 3.05) is 26.4 Å². The summed E-state index contributed by atoms with van der Waals surface area (Å²) in [4.78, 5) is 25.7. The monoisotopic (exact) mass is 959 g/mol. The average molecular weight is 959 g/mol. The number of hydrogen-bond donors (Lipinski definition) is 7. The van der Waals surface area contributed by atoms with Crippen molar-refractivity contribution in [2.45, 2.75) is 268 Å². The van der Waals surface area contributed by atoms with E-state index in [0.717, 1.165) is 70.6 Å². The molecule has 2 aliphatic rings. The maximum Gasteiger partial charge on any atom is 0.306 e. The largest absolute Gasteiger partial charge is 0.462 e. The molecular formula is C52H94O15. The van der Waals surface area contributed by atoms with Crippen LogP contribution in [0.25, 0.3) is 0 Å². The van der Waals surface area contributed by atoms with Crippen LogP contribution in [0, 0.1) is 0 Å². The second-order valence-electron chi connectivity index (χ2n) is 18.7. The maximum atomic E-state index is 13.0. The molecule has 0 radical (unpaired) electrons. The van der Waals surface area contributed by atoms with E-state index in [4.69, 9.17) is 28.4 Å². The first-order valence-electron chi connectivity index (χ1n) is 26.4. The van der Waals surface area contributed by atoms with Gasteiger partial charge in [-0.05, 0) is 57.8 Å². The van der Waals surface area contributed by atoms with Crippen LogP contribution >= 0.6 is 0 Å². The summed E-state index contributed by atoms with van der Waals surface area (Å²) >= 11 is 0. The fourth-order valence-electron chi connectivity index (χ4n) is 8.27. The quantitative estimate of drug-likeness (QED) is 0.0178. The van der Waals surface area contributed by atoms with Gasteiger partial charge in [0.1, 0.15) is 55.4 Å². The Morgan fingerprint density at radius 3 is 1.37 bits per heavy atom. The number of ether oxygens (including phenoxy) is 6. The summed E-state index contributed by atoms with van der Waals surface area (Å²) < 4.78 is 33.5. The number of carbonyl (C=O) groups is 2. The molecule has 2 rings (SSSR count). The summed E-state index contributed by atoms with van der Waals surface area (Å²) in [5.74, 6) is -0.935. The summed E-state index contributed by atoms with van der Waals surface area (Å²) in [6, 6.07) is 0. The van der Waals surface area contributed by atoms with Crippen molar-refractivity contribution in [1.29, 1.82) is 0 Å². The molecule has 0 bridgehead atoms. The Morgan fingerprint density at radius 2 is 0.881 bits per heavy atom. The highest BCUT2D eigenvalue weighted by atomic mass is 16.7. The zero-order valence-electron chi connectivity index (χ0n) is 41.4. The van der Waals surface area contributed by atoms with Gasteiger partial charge in [0.05, 0.1) is 19.8 Å². The van der Waals surface area contributed by atoms with Crippen LogP contribution in [0.5, 0.6) is 0 Å². The summed E-state index contributed by atoms with van der Waals surface area (Å²) in [6.45, 7) is 2.52. The molecule has 0 amide bonds. The van der Waals surface area contributed by atoms with Crippen LogP contribution in [0.15, 0.2) is 24.3 Å². The van der Waals surface area contributed by atoms with Gasteiger partial charge < -0.3 is 64.2 Å². The number of hydrogen-bond acceptors (Lipinski definition) is 15. The van der Waals surface area contributed by atoms with Crippen molar-refractivity contribution in [1.82, 2.24) is 0 Å². The molecule has 0 aromatic heterocycles. The molecule has 2 saturated heterocycles. The van der Waals surface area contributed by atoms with E-state index in [1.54, 1.807) is 0 Å². The molecule has 0 saturated carbocycles.